The molecule has 2 aliphatic rings. The quantitative estimate of drug-likeness (QED) is 0.815. The number of hydrogen-bond acceptors (Lipinski definition) is 5. The molecule has 4 rings (SSSR count). The first-order valence-corrected chi connectivity index (χ1v) is 9.57. The van der Waals surface area contributed by atoms with Crippen molar-refractivity contribution in [1.82, 2.24) is 4.90 Å². The largest absolute Gasteiger partial charge is 0.490 e. The van der Waals surface area contributed by atoms with Crippen molar-refractivity contribution in [3.63, 3.8) is 0 Å². The molecular weight excluding hydrogens is 356 g/mol. The van der Waals surface area contributed by atoms with Gasteiger partial charge in [0.25, 0.3) is 5.91 Å². The summed E-state index contributed by atoms with van der Waals surface area (Å²) in [6.45, 7) is 1.90. The number of carbonyl (C=O) groups is 1. The van der Waals surface area contributed by atoms with E-state index in [1.54, 1.807) is 24.3 Å². The summed E-state index contributed by atoms with van der Waals surface area (Å²) in [5.41, 5.74) is 1.48. The van der Waals surface area contributed by atoms with E-state index in [-0.39, 0.29) is 18.6 Å². The molecule has 1 unspecified atom stereocenters. The van der Waals surface area contributed by atoms with E-state index in [9.17, 15) is 4.79 Å². The highest BCUT2D eigenvalue weighted by Gasteiger charge is 2.31. The van der Waals surface area contributed by atoms with Crippen molar-refractivity contribution in [3.8, 4) is 23.3 Å². The molecule has 0 radical (unpaired) electrons. The SMILES string of the molecule is N#Cc1ccccc1OCC(=O)N1CCCC1c1ccc2c(c1)OCCCO2. The molecule has 1 amide bonds. The summed E-state index contributed by atoms with van der Waals surface area (Å²) >= 11 is 0. The molecule has 0 spiro atoms. The van der Waals surface area contributed by atoms with E-state index in [0.29, 0.717) is 31.1 Å². The summed E-state index contributed by atoms with van der Waals surface area (Å²) < 4.78 is 17.1. The second-order valence-electron chi connectivity index (χ2n) is 6.90. The van der Waals surface area contributed by atoms with Gasteiger partial charge in [-0.25, -0.2) is 0 Å². The Balaban J connectivity index is 1.47. The molecule has 1 saturated heterocycles. The fraction of sp³-hybridized carbons (Fsp3) is 0.364. The minimum Gasteiger partial charge on any atom is -0.490 e. The molecule has 0 aliphatic carbocycles. The topological polar surface area (TPSA) is 71.8 Å². The lowest BCUT2D eigenvalue weighted by Gasteiger charge is -2.25. The number of benzene rings is 2. The Hall–Kier alpha value is -3.20. The molecule has 0 bridgehead atoms. The maximum Gasteiger partial charge on any atom is 0.261 e. The Labute approximate surface area is 164 Å². The number of nitrogens with zero attached hydrogens (tertiary/aromatic N) is 2. The van der Waals surface area contributed by atoms with Gasteiger partial charge in [-0.05, 0) is 42.7 Å². The first-order valence-electron chi connectivity index (χ1n) is 9.57. The fourth-order valence-electron chi connectivity index (χ4n) is 3.71. The van der Waals surface area contributed by atoms with Gasteiger partial charge in [-0.3, -0.25) is 4.79 Å². The Morgan fingerprint density at radius 1 is 1.14 bits per heavy atom. The molecule has 2 aromatic rings. The van der Waals surface area contributed by atoms with E-state index in [0.717, 1.165) is 36.3 Å². The third-order valence-corrected chi connectivity index (χ3v) is 5.09. The van der Waals surface area contributed by atoms with Gasteiger partial charge in [-0.15, -0.1) is 0 Å². The average Bonchev–Trinajstić information content (AvgIpc) is 3.11. The van der Waals surface area contributed by atoms with Gasteiger partial charge >= 0.3 is 0 Å². The highest BCUT2D eigenvalue weighted by Crippen LogP contribution is 2.38. The van der Waals surface area contributed by atoms with Crippen LogP contribution >= 0.6 is 0 Å². The number of ether oxygens (including phenoxy) is 3. The predicted octanol–water partition coefficient (Wildman–Crippen LogP) is 3.46. The highest BCUT2D eigenvalue weighted by molar-refractivity contribution is 5.78. The summed E-state index contributed by atoms with van der Waals surface area (Å²) in [5.74, 6) is 1.86. The van der Waals surface area contributed by atoms with Crippen LogP contribution in [-0.4, -0.2) is 37.2 Å². The molecule has 1 atom stereocenters. The number of rotatable bonds is 4. The van der Waals surface area contributed by atoms with E-state index in [4.69, 9.17) is 19.5 Å². The Bertz CT molecular complexity index is 906. The van der Waals surface area contributed by atoms with Gasteiger partial charge in [0.05, 0.1) is 24.8 Å². The van der Waals surface area contributed by atoms with Crippen molar-refractivity contribution >= 4 is 5.91 Å². The van der Waals surface area contributed by atoms with Crippen LogP contribution in [0.3, 0.4) is 0 Å². The lowest BCUT2D eigenvalue weighted by atomic mass is 10.0. The zero-order valence-corrected chi connectivity index (χ0v) is 15.6. The first-order chi connectivity index (χ1) is 13.8. The summed E-state index contributed by atoms with van der Waals surface area (Å²) in [7, 11) is 0. The van der Waals surface area contributed by atoms with Gasteiger partial charge in [-0.2, -0.15) is 5.26 Å². The van der Waals surface area contributed by atoms with Crippen LogP contribution in [0, 0.1) is 11.3 Å². The van der Waals surface area contributed by atoms with Gasteiger partial charge in [-0.1, -0.05) is 18.2 Å². The summed E-state index contributed by atoms with van der Waals surface area (Å²) in [6.07, 6.45) is 2.71. The van der Waals surface area contributed by atoms with E-state index in [2.05, 4.69) is 6.07 Å². The molecule has 0 saturated carbocycles. The van der Waals surface area contributed by atoms with Crippen LogP contribution in [0.4, 0.5) is 0 Å². The fourth-order valence-corrected chi connectivity index (χ4v) is 3.71. The van der Waals surface area contributed by atoms with Crippen molar-refractivity contribution in [2.45, 2.75) is 25.3 Å². The third-order valence-electron chi connectivity index (χ3n) is 5.09. The van der Waals surface area contributed by atoms with Crippen LogP contribution in [0.25, 0.3) is 0 Å². The highest BCUT2D eigenvalue weighted by atomic mass is 16.5. The van der Waals surface area contributed by atoms with Crippen molar-refractivity contribution in [3.05, 3.63) is 53.6 Å². The first kappa shape index (κ1) is 18.2. The molecule has 2 aliphatic heterocycles. The average molecular weight is 378 g/mol. The van der Waals surface area contributed by atoms with Crippen molar-refractivity contribution in [2.75, 3.05) is 26.4 Å². The zero-order chi connectivity index (χ0) is 19.3. The number of likely N-dealkylation sites (tertiary alicyclic amines) is 1. The van der Waals surface area contributed by atoms with Gasteiger partial charge in [0, 0.05) is 13.0 Å². The molecule has 28 heavy (non-hydrogen) atoms. The third kappa shape index (κ3) is 3.74. The summed E-state index contributed by atoms with van der Waals surface area (Å²) in [6, 6.07) is 14.9. The molecule has 2 heterocycles. The molecular formula is C22H22N2O4. The molecule has 144 valence electrons. The minimum absolute atomic E-state index is 0.000497. The van der Waals surface area contributed by atoms with E-state index >= 15 is 0 Å². The lowest BCUT2D eigenvalue weighted by Crippen LogP contribution is -2.34. The van der Waals surface area contributed by atoms with Crippen molar-refractivity contribution < 1.29 is 19.0 Å². The van der Waals surface area contributed by atoms with E-state index < -0.39 is 0 Å². The molecule has 0 aromatic heterocycles. The number of nitriles is 1. The zero-order valence-electron chi connectivity index (χ0n) is 15.6. The Kier molecular flexibility index (Phi) is 5.34. The molecule has 0 N–H and O–H groups in total. The van der Waals surface area contributed by atoms with Crippen molar-refractivity contribution in [1.29, 1.82) is 5.26 Å². The van der Waals surface area contributed by atoms with Crippen LogP contribution < -0.4 is 14.2 Å². The van der Waals surface area contributed by atoms with E-state index in [1.165, 1.54) is 0 Å². The van der Waals surface area contributed by atoms with Crippen LogP contribution in [-0.2, 0) is 4.79 Å². The van der Waals surface area contributed by atoms with Crippen LogP contribution in [0.5, 0.6) is 17.2 Å². The number of hydrogen-bond donors (Lipinski definition) is 0. The number of fused-ring (bicyclic) bond motifs is 1. The monoisotopic (exact) mass is 378 g/mol. The van der Waals surface area contributed by atoms with Crippen LogP contribution in [0.1, 0.15) is 36.4 Å². The van der Waals surface area contributed by atoms with Gasteiger partial charge in [0.1, 0.15) is 11.8 Å². The maximum atomic E-state index is 12.8. The Morgan fingerprint density at radius 2 is 1.96 bits per heavy atom. The number of amides is 1. The normalized spacial score (nSPS) is 18.2. The maximum absolute atomic E-state index is 12.8. The molecule has 6 heteroatoms. The second-order valence-corrected chi connectivity index (χ2v) is 6.90. The van der Waals surface area contributed by atoms with Crippen LogP contribution in [0.15, 0.2) is 42.5 Å². The summed E-state index contributed by atoms with van der Waals surface area (Å²) in [4.78, 5) is 14.7. The van der Waals surface area contributed by atoms with Gasteiger partial charge in [0.2, 0.25) is 0 Å². The Morgan fingerprint density at radius 3 is 2.82 bits per heavy atom. The van der Waals surface area contributed by atoms with Crippen LogP contribution in [0.2, 0.25) is 0 Å². The molecule has 2 aromatic carbocycles. The van der Waals surface area contributed by atoms with Crippen molar-refractivity contribution in [2.24, 2.45) is 0 Å². The summed E-state index contributed by atoms with van der Waals surface area (Å²) in [5, 5.41) is 9.16. The minimum atomic E-state index is -0.0836. The smallest absolute Gasteiger partial charge is 0.261 e. The molecule has 1 fully saturated rings. The van der Waals surface area contributed by atoms with E-state index in [1.807, 2.05) is 23.1 Å². The van der Waals surface area contributed by atoms with Gasteiger partial charge < -0.3 is 19.1 Å². The number of para-hydroxylation sites is 1. The number of carbonyl (C=O) groups excluding carboxylic acids is 1. The molecule has 6 nitrogen and oxygen atoms in total. The predicted molar refractivity (Wildman–Crippen MR) is 102 cm³/mol. The second kappa shape index (κ2) is 8.22. The lowest BCUT2D eigenvalue weighted by molar-refractivity contribution is -0.134. The standard InChI is InChI=1S/C22H22N2O4/c23-14-17-5-1-2-7-19(17)28-15-22(25)24-10-3-6-18(24)16-8-9-20-21(13-16)27-12-4-11-26-20/h1-2,5,7-9,13,18H,3-4,6,10-12,15H2. The van der Waals surface area contributed by atoms with Gasteiger partial charge in [0.15, 0.2) is 18.1 Å².